The van der Waals surface area contributed by atoms with Crippen LogP contribution in [0.25, 0.3) is 0 Å². The molecule has 0 aromatic heterocycles. The van der Waals surface area contributed by atoms with Crippen molar-refractivity contribution in [3.8, 4) is 11.5 Å². The van der Waals surface area contributed by atoms with Crippen LogP contribution in [0.4, 0.5) is 5.69 Å². The standard InChI is InChI=1S/C21H25NO3/c1-14-11-18(12-21(23)24)22(13-14)17-7-9-19(10-8-17)25-20-6-4-5-15(2)16(20)3/h4-10,14,18H,11-13H2,1-3H3,(H,23,24). The molecule has 1 aliphatic rings. The first-order chi connectivity index (χ1) is 11.9. The average Bonchev–Trinajstić information content (AvgIpc) is 2.92. The molecule has 1 aliphatic heterocycles. The number of carbonyl (C=O) groups is 1. The van der Waals surface area contributed by atoms with E-state index in [0.29, 0.717) is 5.92 Å². The maximum absolute atomic E-state index is 11.1. The SMILES string of the molecule is Cc1cccc(Oc2ccc(N3CC(C)CC3CC(=O)O)cc2)c1C. The van der Waals surface area contributed by atoms with E-state index >= 15 is 0 Å². The van der Waals surface area contributed by atoms with E-state index < -0.39 is 5.97 Å². The van der Waals surface area contributed by atoms with Gasteiger partial charge in [0.05, 0.1) is 6.42 Å². The monoisotopic (exact) mass is 339 g/mol. The van der Waals surface area contributed by atoms with Gasteiger partial charge in [0.2, 0.25) is 0 Å². The first kappa shape index (κ1) is 17.3. The van der Waals surface area contributed by atoms with E-state index in [9.17, 15) is 4.79 Å². The number of carboxylic acids is 1. The number of nitrogens with zero attached hydrogens (tertiary/aromatic N) is 1. The van der Waals surface area contributed by atoms with Crippen molar-refractivity contribution < 1.29 is 14.6 Å². The summed E-state index contributed by atoms with van der Waals surface area (Å²) in [4.78, 5) is 13.3. The smallest absolute Gasteiger partial charge is 0.305 e. The molecule has 0 spiro atoms. The molecular formula is C21H25NO3. The highest BCUT2D eigenvalue weighted by atomic mass is 16.5. The van der Waals surface area contributed by atoms with Crippen molar-refractivity contribution in [1.82, 2.24) is 0 Å². The molecule has 1 fully saturated rings. The minimum Gasteiger partial charge on any atom is -0.481 e. The van der Waals surface area contributed by atoms with Gasteiger partial charge in [0, 0.05) is 18.3 Å². The van der Waals surface area contributed by atoms with Crippen molar-refractivity contribution in [2.24, 2.45) is 5.92 Å². The molecule has 2 atom stereocenters. The highest BCUT2D eigenvalue weighted by Gasteiger charge is 2.31. The number of ether oxygens (including phenoxy) is 1. The number of anilines is 1. The molecule has 25 heavy (non-hydrogen) atoms. The van der Waals surface area contributed by atoms with Gasteiger partial charge in [0.25, 0.3) is 0 Å². The summed E-state index contributed by atoms with van der Waals surface area (Å²) in [7, 11) is 0. The Labute approximate surface area is 149 Å². The van der Waals surface area contributed by atoms with Gasteiger partial charge in [-0.3, -0.25) is 4.79 Å². The highest BCUT2D eigenvalue weighted by Crippen LogP contribution is 2.33. The van der Waals surface area contributed by atoms with E-state index in [0.717, 1.165) is 35.7 Å². The predicted octanol–water partition coefficient (Wildman–Crippen LogP) is 4.79. The second-order valence-electron chi connectivity index (χ2n) is 7.04. The van der Waals surface area contributed by atoms with Crippen LogP contribution in [0, 0.1) is 19.8 Å². The topological polar surface area (TPSA) is 49.8 Å². The lowest BCUT2D eigenvalue weighted by atomic mass is 10.1. The molecule has 132 valence electrons. The Hall–Kier alpha value is -2.49. The first-order valence-corrected chi connectivity index (χ1v) is 8.76. The van der Waals surface area contributed by atoms with Crippen LogP contribution >= 0.6 is 0 Å². The minimum absolute atomic E-state index is 0.0679. The average molecular weight is 339 g/mol. The Morgan fingerprint density at radius 1 is 1.20 bits per heavy atom. The highest BCUT2D eigenvalue weighted by molar-refractivity contribution is 5.69. The molecule has 1 heterocycles. The van der Waals surface area contributed by atoms with Gasteiger partial charge in [-0.2, -0.15) is 0 Å². The van der Waals surface area contributed by atoms with E-state index in [4.69, 9.17) is 9.84 Å². The number of benzene rings is 2. The number of hydrogen-bond acceptors (Lipinski definition) is 3. The van der Waals surface area contributed by atoms with Crippen LogP contribution < -0.4 is 9.64 Å². The quantitative estimate of drug-likeness (QED) is 0.851. The van der Waals surface area contributed by atoms with Crippen molar-refractivity contribution in [3.05, 3.63) is 53.6 Å². The molecule has 0 bridgehead atoms. The Morgan fingerprint density at radius 3 is 2.60 bits per heavy atom. The molecule has 1 saturated heterocycles. The van der Waals surface area contributed by atoms with Crippen LogP contribution in [0.3, 0.4) is 0 Å². The third kappa shape index (κ3) is 3.95. The third-order valence-electron chi connectivity index (χ3n) is 4.98. The van der Waals surface area contributed by atoms with Crippen LogP contribution in [-0.2, 0) is 4.79 Å². The van der Waals surface area contributed by atoms with Gasteiger partial charge in [-0.1, -0.05) is 19.1 Å². The van der Waals surface area contributed by atoms with Gasteiger partial charge < -0.3 is 14.7 Å². The van der Waals surface area contributed by atoms with Crippen molar-refractivity contribution >= 4 is 11.7 Å². The van der Waals surface area contributed by atoms with Crippen LogP contribution in [0.2, 0.25) is 0 Å². The van der Waals surface area contributed by atoms with E-state index in [-0.39, 0.29) is 12.5 Å². The zero-order chi connectivity index (χ0) is 18.0. The molecule has 0 radical (unpaired) electrons. The second kappa shape index (κ2) is 7.18. The fourth-order valence-corrected chi connectivity index (χ4v) is 3.53. The molecule has 2 aromatic carbocycles. The minimum atomic E-state index is -0.737. The summed E-state index contributed by atoms with van der Waals surface area (Å²) in [6, 6.07) is 14.1. The number of rotatable bonds is 5. The summed E-state index contributed by atoms with van der Waals surface area (Å²) in [5, 5.41) is 9.13. The van der Waals surface area contributed by atoms with E-state index in [1.807, 2.05) is 36.4 Å². The lowest BCUT2D eigenvalue weighted by molar-refractivity contribution is -0.137. The van der Waals surface area contributed by atoms with Gasteiger partial charge in [-0.25, -0.2) is 0 Å². The van der Waals surface area contributed by atoms with Gasteiger partial charge in [-0.05, 0) is 67.6 Å². The second-order valence-corrected chi connectivity index (χ2v) is 7.04. The Balaban J connectivity index is 1.75. The number of carboxylic acid groups (broad SMARTS) is 1. The summed E-state index contributed by atoms with van der Waals surface area (Å²) in [6.07, 6.45) is 1.11. The molecule has 4 nitrogen and oxygen atoms in total. The zero-order valence-corrected chi connectivity index (χ0v) is 15.0. The maximum atomic E-state index is 11.1. The largest absolute Gasteiger partial charge is 0.481 e. The number of aliphatic carboxylic acids is 1. The predicted molar refractivity (Wildman–Crippen MR) is 99.6 cm³/mol. The van der Waals surface area contributed by atoms with E-state index in [2.05, 4.69) is 31.7 Å². The Bertz CT molecular complexity index is 754. The van der Waals surface area contributed by atoms with Crippen LogP contribution in [0.1, 0.15) is 30.9 Å². The van der Waals surface area contributed by atoms with Crippen molar-refractivity contribution in [2.45, 2.75) is 39.7 Å². The summed E-state index contributed by atoms with van der Waals surface area (Å²) in [5.41, 5.74) is 3.40. The van der Waals surface area contributed by atoms with Gasteiger partial charge >= 0.3 is 5.97 Å². The Kier molecular flexibility index (Phi) is 4.98. The summed E-state index contributed by atoms with van der Waals surface area (Å²) in [5.74, 6) is 1.43. The van der Waals surface area contributed by atoms with Crippen molar-refractivity contribution in [2.75, 3.05) is 11.4 Å². The summed E-state index contributed by atoms with van der Waals surface area (Å²) >= 11 is 0. The molecule has 0 aliphatic carbocycles. The lowest BCUT2D eigenvalue weighted by Gasteiger charge is -2.26. The van der Waals surface area contributed by atoms with E-state index in [1.165, 1.54) is 5.56 Å². The lowest BCUT2D eigenvalue weighted by Crippen LogP contribution is -2.31. The normalized spacial score (nSPS) is 19.9. The molecule has 1 N–H and O–H groups in total. The molecule has 4 heteroatoms. The van der Waals surface area contributed by atoms with Gasteiger partial charge in [0.15, 0.2) is 0 Å². The van der Waals surface area contributed by atoms with Gasteiger partial charge in [-0.15, -0.1) is 0 Å². The van der Waals surface area contributed by atoms with Crippen molar-refractivity contribution in [1.29, 1.82) is 0 Å². The fraction of sp³-hybridized carbons (Fsp3) is 0.381. The molecule has 2 aromatic rings. The molecule has 0 amide bonds. The van der Waals surface area contributed by atoms with Crippen molar-refractivity contribution in [3.63, 3.8) is 0 Å². The zero-order valence-electron chi connectivity index (χ0n) is 15.0. The molecule has 3 rings (SSSR count). The van der Waals surface area contributed by atoms with Crippen LogP contribution in [0.5, 0.6) is 11.5 Å². The third-order valence-corrected chi connectivity index (χ3v) is 4.98. The number of aryl methyl sites for hydroxylation is 1. The van der Waals surface area contributed by atoms with E-state index in [1.54, 1.807) is 0 Å². The van der Waals surface area contributed by atoms with Crippen LogP contribution in [-0.4, -0.2) is 23.7 Å². The molecule has 2 unspecified atom stereocenters. The molecule has 0 saturated carbocycles. The molecular weight excluding hydrogens is 314 g/mol. The maximum Gasteiger partial charge on any atom is 0.305 e. The van der Waals surface area contributed by atoms with Crippen LogP contribution in [0.15, 0.2) is 42.5 Å². The summed E-state index contributed by atoms with van der Waals surface area (Å²) < 4.78 is 6.01. The Morgan fingerprint density at radius 2 is 1.92 bits per heavy atom. The fourth-order valence-electron chi connectivity index (χ4n) is 3.53. The summed E-state index contributed by atoms with van der Waals surface area (Å²) in [6.45, 7) is 7.20. The van der Waals surface area contributed by atoms with Gasteiger partial charge in [0.1, 0.15) is 11.5 Å². The number of hydrogen-bond donors (Lipinski definition) is 1. The first-order valence-electron chi connectivity index (χ1n) is 8.76.